The minimum absolute atomic E-state index is 0.981. The quantitative estimate of drug-likeness (QED) is 0.771. The Labute approximate surface area is 101 Å². The average Bonchev–Trinajstić information content (AvgIpc) is 2.26. The number of fused-ring (bicyclic) bond motifs is 1. The molecule has 0 unspecified atom stereocenters. The van der Waals surface area contributed by atoms with Crippen molar-refractivity contribution in [1.29, 1.82) is 0 Å². The van der Waals surface area contributed by atoms with Crippen molar-refractivity contribution in [3.8, 4) is 5.75 Å². The fraction of sp³-hybridized carbons (Fsp3) is 0.286. The van der Waals surface area contributed by atoms with Crippen LogP contribution in [0.3, 0.4) is 0 Å². The predicted octanol–water partition coefficient (Wildman–Crippen LogP) is 3.39. The molecule has 0 aliphatic heterocycles. The Balaban J connectivity index is 2.80. The van der Waals surface area contributed by atoms with Gasteiger partial charge in [-0.3, -0.25) is 0 Å². The molecule has 0 atom stereocenters. The Morgan fingerprint density at radius 3 is 2.06 bits per heavy atom. The molecule has 2 aromatic carbocycles. The Hall–Kier alpha value is -0.701. The number of hydrogen-bond acceptors (Lipinski definition) is 1. The van der Waals surface area contributed by atoms with Crippen molar-refractivity contribution >= 4 is 32.7 Å². The summed E-state index contributed by atoms with van der Waals surface area (Å²) in [5.74, 6) is 0.981. The van der Waals surface area contributed by atoms with Crippen LogP contribution in [0.2, 0.25) is 14.8 Å². The van der Waals surface area contributed by atoms with E-state index in [0.717, 1.165) is 5.75 Å². The van der Waals surface area contributed by atoms with Gasteiger partial charge in [-0.15, -0.1) is 0 Å². The minimum atomic E-state index is -2.03. The van der Waals surface area contributed by atoms with Crippen molar-refractivity contribution in [3.63, 3.8) is 0 Å². The number of methoxy groups -OCH3 is 1. The van der Waals surface area contributed by atoms with Gasteiger partial charge in [0.2, 0.25) is 0 Å². The molecule has 0 saturated carbocycles. The van der Waals surface area contributed by atoms with Crippen LogP contribution in [0.5, 0.6) is 5.75 Å². The first-order chi connectivity index (χ1) is 7.54. The van der Waals surface area contributed by atoms with E-state index < -0.39 is 18.4 Å². The molecule has 1 nitrogen and oxygen atoms in total. The van der Waals surface area contributed by atoms with Crippen LogP contribution in [0.25, 0.3) is 10.8 Å². The summed E-state index contributed by atoms with van der Waals surface area (Å²) in [4.78, 5) is 7.34. The second-order valence-electron chi connectivity index (χ2n) is 5.11. The molecule has 0 aromatic heterocycles. The number of rotatable bonds is 2. The summed E-state index contributed by atoms with van der Waals surface area (Å²) in [6.45, 7) is 0. The third-order valence-electron chi connectivity index (χ3n) is 2.91. The van der Waals surface area contributed by atoms with Crippen LogP contribution in [0.1, 0.15) is 0 Å². The van der Waals surface area contributed by atoms with E-state index in [9.17, 15) is 0 Å². The molecule has 2 aromatic rings. The third kappa shape index (κ3) is 2.05. The summed E-state index contributed by atoms with van der Waals surface area (Å²) in [6.07, 6.45) is 0. The molecule has 16 heavy (non-hydrogen) atoms. The predicted molar refractivity (Wildman–Crippen MR) is 73.5 cm³/mol. The van der Waals surface area contributed by atoms with Crippen LogP contribution in [0.15, 0.2) is 36.4 Å². The van der Waals surface area contributed by atoms with Gasteiger partial charge >= 0.3 is 102 Å². The zero-order valence-electron chi connectivity index (χ0n) is 10.4. The molecule has 0 aliphatic carbocycles. The van der Waals surface area contributed by atoms with Crippen molar-refractivity contribution in [3.05, 3.63) is 36.4 Å². The first kappa shape index (κ1) is 11.8. The van der Waals surface area contributed by atoms with E-state index >= 15 is 0 Å². The van der Waals surface area contributed by atoms with Crippen LogP contribution >= 0.6 is 0 Å². The Kier molecular flexibility index (Phi) is 3.15. The van der Waals surface area contributed by atoms with E-state index in [1.807, 2.05) is 0 Å². The van der Waals surface area contributed by atoms with E-state index in [-0.39, 0.29) is 0 Å². The molecule has 0 aliphatic rings. The first-order valence-electron chi connectivity index (χ1n) is 5.60. The van der Waals surface area contributed by atoms with Gasteiger partial charge in [-0.1, -0.05) is 0 Å². The molecule has 2 heteroatoms. The molecule has 0 radical (unpaired) electrons. The summed E-state index contributed by atoms with van der Waals surface area (Å²) in [5.41, 5.74) is 0. The normalized spacial score (nSPS) is 11.8. The monoisotopic (exact) mass is 322 g/mol. The molecular formula is C14H18OSn. The van der Waals surface area contributed by atoms with Crippen molar-refractivity contribution < 1.29 is 4.74 Å². The second-order valence-corrected chi connectivity index (χ2v) is 19.5. The van der Waals surface area contributed by atoms with E-state index in [0.29, 0.717) is 0 Å². The molecule has 0 spiro atoms. The molecule has 84 valence electrons. The van der Waals surface area contributed by atoms with Gasteiger partial charge < -0.3 is 0 Å². The van der Waals surface area contributed by atoms with Crippen molar-refractivity contribution in [2.24, 2.45) is 0 Å². The van der Waals surface area contributed by atoms with Gasteiger partial charge in [0.1, 0.15) is 0 Å². The van der Waals surface area contributed by atoms with Gasteiger partial charge in [0.25, 0.3) is 0 Å². The van der Waals surface area contributed by atoms with Gasteiger partial charge in [0.05, 0.1) is 0 Å². The molecule has 0 heterocycles. The molecule has 0 bridgehead atoms. The number of hydrogen-bond donors (Lipinski definition) is 0. The molecule has 2 rings (SSSR count). The standard InChI is InChI=1S/C11H9O.3CH3.Sn/c1-12-11-8-4-6-9-5-2-3-7-10(9)11;;;;/h2-5,7-8H,1H3;3*1H3;. The number of ether oxygens (including phenoxy) is 1. The first-order valence-corrected chi connectivity index (χ1v) is 15.6. The maximum atomic E-state index is 5.42. The summed E-state index contributed by atoms with van der Waals surface area (Å²) < 4.78 is 6.99. The van der Waals surface area contributed by atoms with E-state index in [4.69, 9.17) is 4.74 Å². The number of benzene rings is 2. The van der Waals surface area contributed by atoms with E-state index in [2.05, 4.69) is 51.2 Å². The molecule has 0 amide bonds. The Bertz CT molecular complexity index is 512. The summed E-state index contributed by atoms with van der Waals surface area (Å²) in [6, 6.07) is 12.9. The molecule has 0 N–H and O–H groups in total. The van der Waals surface area contributed by atoms with E-state index in [1.54, 1.807) is 10.7 Å². The molecule has 0 saturated heterocycles. The van der Waals surface area contributed by atoms with Gasteiger partial charge in [0, 0.05) is 0 Å². The average molecular weight is 321 g/mol. The van der Waals surface area contributed by atoms with Crippen LogP contribution in [0.4, 0.5) is 0 Å². The summed E-state index contributed by atoms with van der Waals surface area (Å²) >= 11 is -2.03. The van der Waals surface area contributed by atoms with Crippen molar-refractivity contribution in [1.82, 2.24) is 0 Å². The van der Waals surface area contributed by atoms with Crippen LogP contribution < -0.4 is 8.32 Å². The van der Waals surface area contributed by atoms with E-state index in [1.165, 1.54) is 10.8 Å². The van der Waals surface area contributed by atoms with Gasteiger partial charge in [-0.05, 0) is 0 Å². The zero-order valence-corrected chi connectivity index (χ0v) is 13.2. The molecular weight excluding hydrogens is 303 g/mol. The van der Waals surface area contributed by atoms with Crippen molar-refractivity contribution in [2.75, 3.05) is 7.11 Å². The van der Waals surface area contributed by atoms with Crippen LogP contribution in [0, 0.1) is 0 Å². The third-order valence-corrected chi connectivity index (χ3v) is 8.77. The fourth-order valence-corrected chi connectivity index (χ4v) is 6.70. The van der Waals surface area contributed by atoms with Crippen LogP contribution in [-0.4, -0.2) is 25.5 Å². The Morgan fingerprint density at radius 1 is 0.875 bits per heavy atom. The molecule has 0 fully saturated rings. The van der Waals surface area contributed by atoms with Crippen LogP contribution in [-0.2, 0) is 0 Å². The van der Waals surface area contributed by atoms with Crippen molar-refractivity contribution in [2.45, 2.75) is 14.8 Å². The topological polar surface area (TPSA) is 9.23 Å². The van der Waals surface area contributed by atoms with Gasteiger partial charge in [-0.2, -0.15) is 0 Å². The maximum absolute atomic E-state index is 5.42. The zero-order chi connectivity index (χ0) is 11.8. The summed E-state index contributed by atoms with van der Waals surface area (Å²) in [7, 11) is 1.74. The SMILES string of the molecule is COc1cc[c]([Sn]([CH3])([CH3])[CH3])c2ccccc12. The Morgan fingerprint density at radius 2 is 1.50 bits per heavy atom. The second kappa shape index (κ2) is 4.28. The fourth-order valence-electron chi connectivity index (χ4n) is 2.10. The summed E-state index contributed by atoms with van der Waals surface area (Å²) in [5, 5.41) is 2.62. The van der Waals surface area contributed by atoms with Gasteiger partial charge in [-0.25, -0.2) is 0 Å². The van der Waals surface area contributed by atoms with Gasteiger partial charge in [0.15, 0.2) is 0 Å².